The summed E-state index contributed by atoms with van der Waals surface area (Å²) in [5.41, 5.74) is 1.22. The van der Waals surface area contributed by atoms with E-state index < -0.39 is 0 Å². The number of hydrogen-bond donors (Lipinski definition) is 1. The largest absolute Gasteiger partial charge is 0.497 e. The average Bonchev–Trinajstić information content (AvgIpc) is 3.07. The number of hydrogen-bond acceptors (Lipinski definition) is 6. The van der Waals surface area contributed by atoms with E-state index in [-0.39, 0.29) is 12.6 Å². The van der Waals surface area contributed by atoms with E-state index >= 15 is 0 Å². The second kappa shape index (κ2) is 10.2. The van der Waals surface area contributed by atoms with Crippen molar-refractivity contribution in [2.24, 2.45) is 0 Å². The van der Waals surface area contributed by atoms with Crippen LogP contribution in [0.5, 0.6) is 17.2 Å². The molecule has 0 spiro atoms. The fourth-order valence-corrected chi connectivity index (χ4v) is 3.97. The highest BCUT2D eigenvalue weighted by Gasteiger charge is 2.25. The van der Waals surface area contributed by atoms with Crippen molar-refractivity contribution in [2.45, 2.75) is 38.8 Å². The zero-order chi connectivity index (χ0) is 23.2. The number of carbonyl (C=O) groups excluding carboxylic acids is 1. The van der Waals surface area contributed by atoms with Crippen LogP contribution in [-0.2, 0) is 19.5 Å². The lowest BCUT2D eigenvalue weighted by Crippen LogP contribution is -2.36. The second-order valence-electron chi connectivity index (χ2n) is 7.78. The van der Waals surface area contributed by atoms with E-state index in [0.717, 1.165) is 43.9 Å². The van der Waals surface area contributed by atoms with Gasteiger partial charge >= 0.3 is 6.03 Å². The highest BCUT2D eigenvalue weighted by Crippen LogP contribution is 2.34. The molecule has 33 heavy (non-hydrogen) atoms. The van der Waals surface area contributed by atoms with Gasteiger partial charge in [0.25, 0.3) is 0 Å². The molecule has 4 rings (SSSR count). The molecule has 0 aliphatic carbocycles. The Morgan fingerprint density at radius 3 is 2.61 bits per heavy atom. The van der Waals surface area contributed by atoms with Crippen molar-refractivity contribution in [3.05, 3.63) is 54.1 Å². The first-order chi connectivity index (χ1) is 16.1. The van der Waals surface area contributed by atoms with Crippen molar-refractivity contribution < 1.29 is 19.0 Å². The van der Waals surface area contributed by atoms with Gasteiger partial charge in [0.2, 0.25) is 0 Å². The minimum Gasteiger partial charge on any atom is -0.497 e. The molecule has 2 aromatic carbocycles. The van der Waals surface area contributed by atoms with Crippen molar-refractivity contribution in [2.75, 3.05) is 31.5 Å². The average molecular weight is 452 g/mol. The van der Waals surface area contributed by atoms with E-state index in [0.29, 0.717) is 28.6 Å². The van der Waals surface area contributed by atoms with Gasteiger partial charge in [-0.3, -0.25) is 4.90 Å². The van der Waals surface area contributed by atoms with Crippen molar-refractivity contribution in [3.8, 4) is 17.2 Å². The van der Waals surface area contributed by atoms with E-state index in [1.807, 2.05) is 24.3 Å². The maximum absolute atomic E-state index is 13.5. The zero-order valence-electron chi connectivity index (χ0n) is 19.2. The number of rotatable bonds is 7. The van der Waals surface area contributed by atoms with E-state index in [4.69, 9.17) is 14.2 Å². The van der Waals surface area contributed by atoms with Crippen LogP contribution in [0.3, 0.4) is 0 Å². The third kappa shape index (κ3) is 5.02. The van der Waals surface area contributed by atoms with Crippen LogP contribution in [-0.4, -0.2) is 42.1 Å². The van der Waals surface area contributed by atoms with Gasteiger partial charge in [0.15, 0.2) is 5.82 Å². The van der Waals surface area contributed by atoms with Crippen molar-refractivity contribution in [3.63, 3.8) is 0 Å². The molecular formula is C24H29N5O4. The number of anilines is 2. The zero-order valence-corrected chi connectivity index (χ0v) is 19.2. The molecular weight excluding hydrogens is 422 g/mol. The minimum atomic E-state index is -0.322. The summed E-state index contributed by atoms with van der Waals surface area (Å²) in [6, 6.07) is 12.3. The maximum Gasteiger partial charge on any atom is 0.326 e. The number of aromatic nitrogens is 3. The van der Waals surface area contributed by atoms with Gasteiger partial charge in [-0.2, -0.15) is 0 Å². The quantitative estimate of drug-likeness (QED) is 0.577. The van der Waals surface area contributed by atoms with Crippen molar-refractivity contribution in [1.82, 2.24) is 14.8 Å². The van der Waals surface area contributed by atoms with Crippen LogP contribution in [0.25, 0.3) is 0 Å². The lowest BCUT2D eigenvalue weighted by atomic mass is 10.2. The lowest BCUT2D eigenvalue weighted by molar-refractivity contribution is 0.256. The molecule has 1 aromatic heterocycles. The van der Waals surface area contributed by atoms with Crippen LogP contribution in [0, 0.1) is 0 Å². The number of carbonyl (C=O) groups is 1. The first-order valence-electron chi connectivity index (χ1n) is 11.0. The molecule has 174 valence electrons. The van der Waals surface area contributed by atoms with E-state index in [2.05, 4.69) is 20.1 Å². The Hall–Kier alpha value is -3.75. The van der Waals surface area contributed by atoms with Gasteiger partial charge in [-0.15, -0.1) is 10.2 Å². The second-order valence-corrected chi connectivity index (χ2v) is 7.78. The fourth-order valence-electron chi connectivity index (χ4n) is 3.97. The molecule has 0 atom stereocenters. The number of amides is 2. The summed E-state index contributed by atoms with van der Waals surface area (Å²) >= 11 is 0. The number of urea groups is 1. The Morgan fingerprint density at radius 1 is 1.00 bits per heavy atom. The molecule has 0 radical (unpaired) electrons. The Labute approximate surface area is 193 Å². The lowest BCUT2D eigenvalue weighted by Gasteiger charge is -2.25. The van der Waals surface area contributed by atoms with E-state index in [9.17, 15) is 4.79 Å². The summed E-state index contributed by atoms with van der Waals surface area (Å²) in [5.74, 6) is 3.53. The first kappa shape index (κ1) is 22.4. The van der Waals surface area contributed by atoms with Gasteiger partial charge < -0.3 is 24.1 Å². The molecule has 1 N–H and O–H groups in total. The Morgan fingerprint density at radius 2 is 1.82 bits per heavy atom. The Balaban J connectivity index is 1.69. The third-order valence-electron chi connectivity index (χ3n) is 5.73. The van der Waals surface area contributed by atoms with Crippen molar-refractivity contribution in [1.29, 1.82) is 0 Å². The van der Waals surface area contributed by atoms with Crippen LogP contribution >= 0.6 is 0 Å². The Bertz CT molecular complexity index is 1110. The molecule has 2 heterocycles. The summed E-state index contributed by atoms with van der Waals surface area (Å²) in [7, 11) is 4.75. The number of fused-ring (bicyclic) bond motifs is 1. The molecule has 2 amide bonds. The monoisotopic (exact) mass is 451 g/mol. The topological polar surface area (TPSA) is 90.7 Å². The van der Waals surface area contributed by atoms with Crippen LogP contribution in [0.15, 0.2) is 42.5 Å². The van der Waals surface area contributed by atoms with Gasteiger partial charge in [-0.25, -0.2) is 4.79 Å². The van der Waals surface area contributed by atoms with Crippen molar-refractivity contribution >= 4 is 17.4 Å². The SMILES string of the molecule is COc1cccc(NC(=O)N(Cc2nnc3n2CCCCC3)c2ccc(OC)cc2OC)c1. The number of nitrogens with one attached hydrogen (secondary N) is 1. The van der Waals surface area contributed by atoms with Crippen LogP contribution in [0.4, 0.5) is 16.2 Å². The van der Waals surface area contributed by atoms with E-state index in [1.165, 1.54) is 0 Å². The molecule has 1 aliphatic heterocycles. The molecule has 0 saturated carbocycles. The van der Waals surface area contributed by atoms with Gasteiger partial charge in [0.05, 0.1) is 33.6 Å². The summed E-state index contributed by atoms with van der Waals surface area (Å²) in [6.45, 7) is 1.09. The van der Waals surface area contributed by atoms with Crippen LogP contribution in [0.1, 0.15) is 30.9 Å². The van der Waals surface area contributed by atoms with E-state index in [1.54, 1.807) is 44.4 Å². The fraction of sp³-hybridized carbons (Fsp3) is 0.375. The normalized spacial score (nSPS) is 12.9. The number of benzene rings is 2. The smallest absolute Gasteiger partial charge is 0.326 e. The minimum absolute atomic E-state index is 0.242. The van der Waals surface area contributed by atoms with Gasteiger partial charge in [0, 0.05) is 30.8 Å². The van der Waals surface area contributed by atoms with Crippen LogP contribution < -0.4 is 24.4 Å². The third-order valence-corrected chi connectivity index (χ3v) is 5.73. The number of aryl methyl sites for hydroxylation is 1. The molecule has 0 saturated heterocycles. The first-order valence-corrected chi connectivity index (χ1v) is 11.0. The molecule has 1 aliphatic rings. The molecule has 9 nitrogen and oxygen atoms in total. The molecule has 0 bridgehead atoms. The molecule has 3 aromatic rings. The predicted molar refractivity (Wildman–Crippen MR) is 125 cm³/mol. The number of nitrogens with zero attached hydrogens (tertiary/aromatic N) is 4. The molecule has 9 heteroatoms. The van der Waals surface area contributed by atoms with Gasteiger partial charge in [-0.1, -0.05) is 12.5 Å². The maximum atomic E-state index is 13.5. The highest BCUT2D eigenvalue weighted by atomic mass is 16.5. The Kier molecular flexibility index (Phi) is 6.97. The molecule has 0 fully saturated rings. The summed E-state index contributed by atoms with van der Waals surface area (Å²) < 4.78 is 18.3. The summed E-state index contributed by atoms with van der Waals surface area (Å²) in [4.78, 5) is 15.1. The van der Waals surface area contributed by atoms with Gasteiger partial charge in [0.1, 0.15) is 23.1 Å². The van der Waals surface area contributed by atoms with Gasteiger partial charge in [-0.05, 0) is 37.1 Å². The van der Waals surface area contributed by atoms with Crippen LogP contribution in [0.2, 0.25) is 0 Å². The number of methoxy groups -OCH3 is 3. The predicted octanol–water partition coefficient (Wildman–Crippen LogP) is 4.27. The summed E-state index contributed by atoms with van der Waals surface area (Å²) in [5, 5.41) is 11.8. The standard InChI is InChI=1S/C24H29N5O4/c1-31-18-9-7-8-17(14-18)25-24(30)29(20-12-11-19(32-2)15-21(20)33-3)16-23-27-26-22-10-5-4-6-13-28(22)23/h7-9,11-12,14-15H,4-6,10,13,16H2,1-3H3,(H,25,30). The highest BCUT2D eigenvalue weighted by molar-refractivity contribution is 6.02. The summed E-state index contributed by atoms with van der Waals surface area (Å²) in [6.07, 6.45) is 4.23. The number of ether oxygens (including phenoxy) is 3. The molecule has 0 unspecified atom stereocenters.